The first-order chi connectivity index (χ1) is 7.59. The summed E-state index contributed by atoms with van der Waals surface area (Å²) in [6.45, 7) is 0.869. The van der Waals surface area contributed by atoms with E-state index in [2.05, 4.69) is 0 Å². The second kappa shape index (κ2) is 3.80. The second-order valence-corrected chi connectivity index (χ2v) is 3.51. The van der Waals surface area contributed by atoms with Crippen LogP contribution in [0.25, 0.3) is 0 Å². The summed E-state index contributed by atoms with van der Waals surface area (Å²) in [7, 11) is 1.64. The zero-order valence-corrected chi connectivity index (χ0v) is 8.67. The molecule has 1 aliphatic heterocycles. The molecule has 1 amide bonds. The minimum atomic E-state index is -0.529. The molecule has 0 spiro atoms. The molecule has 0 radical (unpaired) electrons. The molecular formula is C10H10N2O4. The Bertz CT molecular complexity index is 458. The normalized spacial score (nSPS) is 15.1. The Morgan fingerprint density at radius 1 is 1.50 bits per heavy atom. The first-order valence-corrected chi connectivity index (χ1v) is 4.76. The number of hydrogen-bond donors (Lipinski definition) is 0. The van der Waals surface area contributed by atoms with Crippen molar-refractivity contribution in [2.75, 3.05) is 20.2 Å². The molecule has 0 fully saturated rings. The number of nitro groups is 1. The number of hydrogen-bond acceptors (Lipinski definition) is 4. The number of benzene rings is 1. The molecule has 0 aromatic heterocycles. The highest BCUT2D eigenvalue weighted by molar-refractivity contribution is 5.97. The van der Waals surface area contributed by atoms with Gasteiger partial charge in [0.1, 0.15) is 12.4 Å². The highest BCUT2D eigenvalue weighted by Crippen LogP contribution is 2.26. The summed E-state index contributed by atoms with van der Waals surface area (Å²) in [5.74, 6) is 0.149. The fourth-order valence-corrected chi connectivity index (χ4v) is 1.52. The number of fused-ring (bicyclic) bond motifs is 1. The van der Waals surface area contributed by atoms with Crippen molar-refractivity contribution in [2.24, 2.45) is 0 Å². The minimum Gasteiger partial charge on any atom is -0.491 e. The monoisotopic (exact) mass is 222 g/mol. The highest BCUT2D eigenvalue weighted by Gasteiger charge is 2.23. The van der Waals surface area contributed by atoms with Crippen molar-refractivity contribution in [1.29, 1.82) is 0 Å². The highest BCUT2D eigenvalue weighted by atomic mass is 16.6. The van der Waals surface area contributed by atoms with Crippen LogP contribution in [-0.4, -0.2) is 35.9 Å². The summed E-state index contributed by atoms with van der Waals surface area (Å²) >= 11 is 0. The molecule has 2 rings (SSSR count). The maximum Gasteiger partial charge on any atom is 0.270 e. The van der Waals surface area contributed by atoms with Crippen LogP contribution in [0.3, 0.4) is 0 Å². The first-order valence-electron chi connectivity index (χ1n) is 4.76. The molecular weight excluding hydrogens is 212 g/mol. The molecule has 0 saturated carbocycles. The van der Waals surface area contributed by atoms with Gasteiger partial charge in [0, 0.05) is 19.2 Å². The summed E-state index contributed by atoms with van der Waals surface area (Å²) in [5.41, 5.74) is 0.139. The lowest BCUT2D eigenvalue weighted by Gasteiger charge is -2.11. The van der Waals surface area contributed by atoms with Crippen LogP contribution in [0.15, 0.2) is 18.2 Å². The van der Waals surface area contributed by atoms with Gasteiger partial charge in [-0.2, -0.15) is 0 Å². The molecule has 84 valence electrons. The van der Waals surface area contributed by atoms with Gasteiger partial charge in [-0.25, -0.2) is 0 Å². The third-order valence-electron chi connectivity index (χ3n) is 2.44. The Morgan fingerprint density at radius 3 is 2.94 bits per heavy atom. The van der Waals surface area contributed by atoms with Gasteiger partial charge in [-0.3, -0.25) is 14.9 Å². The predicted molar refractivity (Wildman–Crippen MR) is 55.6 cm³/mol. The van der Waals surface area contributed by atoms with Gasteiger partial charge in [0.25, 0.3) is 11.6 Å². The van der Waals surface area contributed by atoms with E-state index in [0.717, 1.165) is 0 Å². The summed E-state index contributed by atoms with van der Waals surface area (Å²) in [5, 5.41) is 10.6. The molecule has 0 unspecified atom stereocenters. The molecule has 0 saturated heterocycles. The number of carbonyl (C=O) groups excluding carboxylic acids is 1. The topological polar surface area (TPSA) is 72.7 Å². The molecule has 6 heteroatoms. The lowest BCUT2D eigenvalue weighted by atomic mass is 10.1. The molecule has 1 aliphatic rings. The number of likely N-dealkylation sites (N-methyl/N-ethyl adjacent to an activating group) is 1. The van der Waals surface area contributed by atoms with Crippen molar-refractivity contribution in [2.45, 2.75) is 0 Å². The van der Waals surface area contributed by atoms with Crippen LogP contribution in [-0.2, 0) is 0 Å². The van der Waals surface area contributed by atoms with Crippen molar-refractivity contribution in [1.82, 2.24) is 4.90 Å². The van der Waals surface area contributed by atoms with E-state index in [9.17, 15) is 14.9 Å². The van der Waals surface area contributed by atoms with Gasteiger partial charge in [0.05, 0.1) is 17.0 Å². The third-order valence-corrected chi connectivity index (χ3v) is 2.44. The van der Waals surface area contributed by atoms with Crippen molar-refractivity contribution >= 4 is 11.6 Å². The molecule has 0 aliphatic carbocycles. The molecule has 1 aromatic carbocycles. The van der Waals surface area contributed by atoms with Gasteiger partial charge in [0.2, 0.25) is 0 Å². The number of non-ortho nitro benzene ring substituents is 1. The van der Waals surface area contributed by atoms with Crippen LogP contribution < -0.4 is 4.74 Å². The summed E-state index contributed by atoms with van der Waals surface area (Å²) < 4.78 is 5.34. The lowest BCUT2D eigenvalue weighted by Crippen LogP contribution is -2.27. The Kier molecular flexibility index (Phi) is 2.47. The van der Waals surface area contributed by atoms with Crippen molar-refractivity contribution in [3.63, 3.8) is 0 Å². The van der Waals surface area contributed by atoms with Crippen LogP contribution in [0.2, 0.25) is 0 Å². The zero-order valence-electron chi connectivity index (χ0n) is 8.67. The first kappa shape index (κ1) is 10.4. The largest absolute Gasteiger partial charge is 0.491 e. The van der Waals surface area contributed by atoms with E-state index in [0.29, 0.717) is 18.9 Å². The molecule has 16 heavy (non-hydrogen) atoms. The van der Waals surface area contributed by atoms with Crippen molar-refractivity contribution < 1.29 is 14.5 Å². The maximum atomic E-state index is 11.8. The molecule has 0 N–H and O–H groups in total. The number of nitrogens with zero attached hydrogens (tertiary/aromatic N) is 2. The van der Waals surface area contributed by atoms with E-state index in [1.165, 1.54) is 23.1 Å². The zero-order chi connectivity index (χ0) is 11.7. The van der Waals surface area contributed by atoms with Crippen molar-refractivity contribution in [3.05, 3.63) is 33.9 Å². The average molecular weight is 222 g/mol. The molecule has 1 heterocycles. The Balaban J connectivity index is 2.50. The number of amides is 1. The van der Waals surface area contributed by atoms with Gasteiger partial charge < -0.3 is 9.64 Å². The Labute approximate surface area is 91.6 Å². The maximum absolute atomic E-state index is 11.8. The molecule has 1 aromatic rings. The molecule has 0 atom stereocenters. The number of carbonyl (C=O) groups is 1. The van der Waals surface area contributed by atoms with E-state index >= 15 is 0 Å². The van der Waals surface area contributed by atoms with Crippen molar-refractivity contribution in [3.8, 4) is 5.75 Å². The molecule has 0 bridgehead atoms. The van der Waals surface area contributed by atoms with Crippen LogP contribution in [0.1, 0.15) is 10.4 Å². The Morgan fingerprint density at radius 2 is 2.25 bits per heavy atom. The van der Waals surface area contributed by atoms with E-state index < -0.39 is 4.92 Å². The fraction of sp³-hybridized carbons (Fsp3) is 0.300. The van der Waals surface area contributed by atoms with E-state index in [4.69, 9.17) is 4.74 Å². The smallest absolute Gasteiger partial charge is 0.270 e. The lowest BCUT2D eigenvalue weighted by molar-refractivity contribution is -0.384. The summed E-state index contributed by atoms with van der Waals surface area (Å²) in [6, 6.07) is 4.04. The summed E-state index contributed by atoms with van der Waals surface area (Å²) in [4.78, 5) is 23.4. The van der Waals surface area contributed by atoms with Gasteiger partial charge in [-0.1, -0.05) is 0 Å². The number of ether oxygens (including phenoxy) is 1. The van der Waals surface area contributed by atoms with Gasteiger partial charge in [-0.15, -0.1) is 0 Å². The van der Waals surface area contributed by atoms with Gasteiger partial charge in [-0.05, 0) is 6.07 Å². The predicted octanol–water partition coefficient (Wildman–Crippen LogP) is 1.06. The third kappa shape index (κ3) is 1.69. The fourth-order valence-electron chi connectivity index (χ4n) is 1.52. The summed E-state index contributed by atoms with van der Waals surface area (Å²) in [6.07, 6.45) is 0. The van der Waals surface area contributed by atoms with Crippen LogP contribution in [0.4, 0.5) is 5.69 Å². The van der Waals surface area contributed by atoms with Crippen LogP contribution in [0, 0.1) is 10.1 Å². The quantitative estimate of drug-likeness (QED) is 0.526. The number of nitro benzene ring substituents is 1. The van der Waals surface area contributed by atoms with Crippen LogP contribution >= 0.6 is 0 Å². The number of rotatable bonds is 1. The van der Waals surface area contributed by atoms with Gasteiger partial charge >= 0.3 is 0 Å². The van der Waals surface area contributed by atoms with E-state index in [1.54, 1.807) is 7.05 Å². The van der Waals surface area contributed by atoms with E-state index in [1.807, 2.05) is 0 Å². The second-order valence-electron chi connectivity index (χ2n) is 3.51. The minimum absolute atomic E-state index is 0.106. The standard InChI is InChI=1S/C10H10N2O4/c1-11-4-5-16-9-3-2-7(12(14)15)6-8(9)10(11)13/h2-3,6H,4-5H2,1H3. The molecule has 6 nitrogen and oxygen atoms in total. The van der Waals surface area contributed by atoms with Gasteiger partial charge in [0.15, 0.2) is 0 Å². The van der Waals surface area contributed by atoms with Crippen LogP contribution in [0.5, 0.6) is 5.75 Å². The average Bonchev–Trinajstić information content (AvgIpc) is 2.40. The van der Waals surface area contributed by atoms with E-state index in [-0.39, 0.29) is 17.2 Å². The Hall–Kier alpha value is -2.11. The SMILES string of the molecule is CN1CCOc2ccc([N+](=O)[O-])cc2C1=O.